The molecule has 0 aliphatic carbocycles. The quantitative estimate of drug-likeness (QED) is 0.641. The lowest BCUT2D eigenvalue weighted by Crippen LogP contribution is -2.66. The van der Waals surface area contributed by atoms with Crippen molar-refractivity contribution in [3.8, 4) is 16.9 Å². The monoisotopic (exact) mass is 378 g/mol. The highest BCUT2D eigenvalue weighted by molar-refractivity contribution is 5.65. The van der Waals surface area contributed by atoms with Crippen LogP contribution in [0.15, 0.2) is 42.5 Å². The third kappa shape index (κ3) is 3.83. The number of ether oxygens (including phenoxy) is 2. The molecule has 0 saturated carbocycles. The molecule has 1 heterocycles. The molecule has 1 aliphatic heterocycles. The van der Waals surface area contributed by atoms with Gasteiger partial charge in [0.25, 0.3) is 0 Å². The molecule has 146 valence electrons. The molecule has 1 saturated heterocycles. The fourth-order valence-electron chi connectivity index (χ4n) is 3.08. The van der Waals surface area contributed by atoms with Crippen molar-refractivity contribution in [2.24, 2.45) is 0 Å². The van der Waals surface area contributed by atoms with Crippen molar-refractivity contribution in [3.05, 3.63) is 53.8 Å². The van der Waals surface area contributed by atoms with E-state index in [2.05, 4.69) is 0 Å². The van der Waals surface area contributed by atoms with Crippen LogP contribution in [0.3, 0.4) is 0 Å². The maximum Gasteiger partial charge on any atom is 0.231 e. The summed E-state index contributed by atoms with van der Waals surface area (Å²) in [7, 11) is 0. The zero-order valence-electron chi connectivity index (χ0n) is 15.0. The maximum absolute atomic E-state index is 13.1. The van der Waals surface area contributed by atoms with Crippen LogP contribution in [-0.4, -0.2) is 57.2 Å². The number of hydrogen-bond donors (Lipinski definition) is 4. The standard InChI is InChI=1S/C20H23FO6/c1-11-9-13(12-3-6-14(21)7-4-12)5-8-15(11)26-19-20(2,25)18(24)17(23)16(10-22)27-19/h3-9,16-19,22-25H,10H2,1-2H3. The normalized spacial score (nSPS) is 30.9. The van der Waals surface area contributed by atoms with E-state index in [0.717, 1.165) is 16.7 Å². The minimum absolute atomic E-state index is 0.314. The highest BCUT2D eigenvalue weighted by Gasteiger charge is 2.53. The molecule has 0 spiro atoms. The van der Waals surface area contributed by atoms with Crippen LogP contribution in [-0.2, 0) is 4.74 Å². The molecule has 1 aliphatic rings. The van der Waals surface area contributed by atoms with Crippen LogP contribution < -0.4 is 4.74 Å². The number of rotatable bonds is 4. The molecular weight excluding hydrogens is 355 g/mol. The van der Waals surface area contributed by atoms with E-state index in [1.165, 1.54) is 19.1 Å². The van der Waals surface area contributed by atoms with Gasteiger partial charge in [0.05, 0.1) is 6.61 Å². The van der Waals surface area contributed by atoms with Crippen molar-refractivity contribution in [3.63, 3.8) is 0 Å². The first-order chi connectivity index (χ1) is 12.7. The van der Waals surface area contributed by atoms with E-state index in [0.29, 0.717) is 5.75 Å². The molecule has 5 atom stereocenters. The van der Waals surface area contributed by atoms with E-state index in [9.17, 15) is 24.8 Å². The smallest absolute Gasteiger partial charge is 0.231 e. The van der Waals surface area contributed by atoms with Gasteiger partial charge in [-0.05, 0) is 54.8 Å². The SMILES string of the molecule is Cc1cc(-c2ccc(F)cc2)ccc1OC1OC(CO)C(O)C(O)C1(C)O. The van der Waals surface area contributed by atoms with Gasteiger partial charge in [-0.1, -0.05) is 18.2 Å². The second-order valence-corrected chi connectivity index (χ2v) is 6.96. The lowest BCUT2D eigenvalue weighted by molar-refractivity contribution is -0.314. The number of hydrogen-bond acceptors (Lipinski definition) is 6. The predicted octanol–water partition coefficient (Wildman–Crippen LogP) is 1.37. The summed E-state index contributed by atoms with van der Waals surface area (Å²) in [6, 6.07) is 11.4. The number of halogens is 1. The van der Waals surface area contributed by atoms with Crippen molar-refractivity contribution < 1.29 is 34.3 Å². The van der Waals surface area contributed by atoms with Gasteiger partial charge in [-0.25, -0.2) is 4.39 Å². The van der Waals surface area contributed by atoms with Gasteiger partial charge in [0, 0.05) is 0 Å². The number of aliphatic hydroxyl groups is 4. The van der Waals surface area contributed by atoms with E-state index in [4.69, 9.17) is 9.47 Å². The highest BCUT2D eigenvalue weighted by atomic mass is 19.1. The third-order valence-electron chi connectivity index (χ3n) is 4.85. The first-order valence-electron chi connectivity index (χ1n) is 8.62. The molecule has 7 heteroatoms. The second kappa shape index (κ2) is 7.53. The Hall–Kier alpha value is -2.03. The predicted molar refractivity (Wildman–Crippen MR) is 95.6 cm³/mol. The summed E-state index contributed by atoms with van der Waals surface area (Å²) in [6.45, 7) is 2.56. The lowest BCUT2D eigenvalue weighted by atomic mass is 9.88. The number of benzene rings is 2. The largest absolute Gasteiger partial charge is 0.461 e. The van der Waals surface area contributed by atoms with Crippen molar-refractivity contribution in [1.82, 2.24) is 0 Å². The Kier molecular flexibility index (Phi) is 5.50. The summed E-state index contributed by atoms with van der Waals surface area (Å²) < 4.78 is 24.3. The fraction of sp³-hybridized carbons (Fsp3) is 0.400. The zero-order chi connectivity index (χ0) is 19.8. The van der Waals surface area contributed by atoms with Crippen molar-refractivity contribution >= 4 is 0 Å². The summed E-state index contributed by atoms with van der Waals surface area (Å²) in [5.74, 6) is 0.0951. The molecular formula is C20H23FO6. The van der Waals surface area contributed by atoms with E-state index in [1.54, 1.807) is 31.2 Å². The Morgan fingerprint density at radius 1 is 1.11 bits per heavy atom. The molecule has 4 N–H and O–H groups in total. The Labute approximate surface area is 156 Å². The van der Waals surface area contributed by atoms with Gasteiger partial charge in [-0.2, -0.15) is 0 Å². The Morgan fingerprint density at radius 2 is 1.74 bits per heavy atom. The summed E-state index contributed by atoms with van der Waals surface area (Å²) in [5, 5.41) is 39.9. The average Bonchev–Trinajstić information content (AvgIpc) is 2.64. The molecule has 6 nitrogen and oxygen atoms in total. The Morgan fingerprint density at radius 3 is 2.33 bits per heavy atom. The first-order valence-corrected chi connectivity index (χ1v) is 8.62. The fourth-order valence-corrected chi connectivity index (χ4v) is 3.08. The van der Waals surface area contributed by atoms with Crippen LogP contribution in [0.5, 0.6) is 5.75 Å². The molecule has 0 aromatic heterocycles. The topological polar surface area (TPSA) is 99.4 Å². The Bertz CT molecular complexity index is 792. The summed E-state index contributed by atoms with van der Waals surface area (Å²) >= 11 is 0. The van der Waals surface area contributed by atoms with Crippen molar-refractivity contribution in [1.29, 1.82) is 0 Å². The van der Waals surface area contributed by atoms with E-state index < -0.39 is 36.8 Å². The van der Waals surface area contributed by atoms with E-state index >= 15 is 0 Å². The van der Waals surface area contributed by atoms with Gasteiger partial charge in [0.2, 0.25) is 6.29 Å². The molecule has 27 heavy (non-hydrogen) atoms. The lowest BCUT2D eigenvalue weighted by Gasteiger charge is -2.45. The molecule has 1 fully saturated rings. The minimum Gasteiger partial charge on any atom is -0.461 e. The number of aryl methyl sites for hydroxylation is 1. The molecule has 3 rings (SSSR count). The molecule has 0 amide bonds. The van der Waals surface area contributed by atoms with Gasteiger partial charge in [0.15, 0.2) is 5.60 Å². The van der Waals surface area contributed by atoms with Crippen LogP contribution in [0, 0.1) is 12.7 Å². The van der Waals surface area contributed by atoms with Crippen LogP contribution in [0.1, 0.15) is 12.5 Å². The maximum atomic E-state index is 13.1. The summed E-state index contributed by atoms with van der Waals surface area (Å²) in [6.07, 6.45) is -5.36. The van der Waals surface area contributed by atoms with Gasteiger partial charge in [-0.15, -0.1) is 0 Å². The van der Waals surface area contributed by atoms with Gasteiger partial charge < -0.3 is 29.9 Å². The third-order valence-corrected chi connectivity index (χ3v) is 4.85. The summed E-state index contributed by atoms with van der Waals surface area (Å²) in [4.78, 5) is 0. The Balaban J connectivity index is 1.83. The second-order valence-electron chi connectivity index (χ2n) is 6.96. The van der Waals surface area contributed by atoms with Crippen molar-refractivity contribution in [2.75, 3.05) is 6.61 Å². The minimum atomic E-state index is -1.88. The zero-order valence-corrected chi connectivity index (χ0v) is 15.0. The number of aliphatic hydroxyl groups excluding tert-OH is 3. The highest BCUT2D eigenvalue weighted by Crippen LogP contribution is 2.34. The molecule has 0 radical (unpaired) electrons. The first kappa shape index (κ1) is 19.7. The van der Waals surface area contributed by atoms with Gasteiger partial charge >= 0.3 is 0 Å². The van der Waals surface area contributed by atoms with Gasteiger partial charge in [-0.3, -0.25) is 0 Å². The average molecular weight is 378 g/mol. The molecule has 0 bridgehead atoms. The van der Waals surface area contributed by atoms with Crippen molar-refractivity contribution in [2.45, 2.75) is 44.1 Å². The van der Waals surface area contributed by atoms with Crippen LogP contribution in [0.2, 0.25) is 0 Å². The van der Waals surface area contributed by atoms with Crippen LogP contribution in [0.4, 0.5) is 4.39 Å². The van der Waals surface area contributed by atoms with Crippen LogP contribution >= 0.6 is 0 Å². The molecule has 2 aromatic carbocycles. The van der Waals surface area contributed by atoms with Crippen LogP contribution in [0.25, 0.3) is 11.1 Å². The van der Waals surface area contributed by atoms with E-state index in [-0.39, 0.29) is 5.82 Å². The van der Waals surface area contributed by atoms with Gasteiger partial charge in [0.1, 0.15) is 29.9 Å². The summed E-state index contributed by atoms with van der Waals surface area (Å²) in [5.41, 5.74) is 0.552. The van der Waals surface area contributed by atoms with E-state index in [1.807, 2.05) is 6.07 Å². The molecule has 2 aromatic rings. The molecule has 5 unspecified atom stereocenters.